The third-order valence-electron chi connectivity index (χ3n) is 3.68. The molecule has 0 aromatic heterocycles. The smallest absolute Gasteiger partial charge is 0.241 e. The molecule has 1 saturated carbocycles. The van der Waals surface area contributed by atoms with Crippen molar-refractivity contribution in [1.29, 1.82) is 0 Å². The SMILES string of the molecule is CC(NS(=O)(=O)c1ccccc1CN)C1CCC1. The maximum Gasteiger partial charge on any atom is 0.241 e. The molecule has 3 N–H and O–H groups in total. The summed E-state index contributed by atoms with van der Waals surface area (Å²) in [5, 5.41) is 0. The second kappa shape index (κ2) is 5.38. The Kier molecular flexibility index (Phi) is 4.04. The number of hydrogen-bond donors (Lipinski definition) is 2. The topological polar surface area (TPSA) is 72.2 Å². The van der Waals surface area contributed by atoms with E-state index in [9.17, 15) is 8.42 Å². The highest BCUT2D eigenvalue weighted by Crippen LogP contribution is 2.30. The quantitative estimate of drug-likeness (QED) is 0.852. The highest BCUT2D eigenvalue weighted by molar-refractivity contribution is 7.89. The Bertz CT molecular complexity index is 509. The maximum absolute atomic E-state index is 12.3. The third-order valence-corrected chi connectivity index (χ3v) is 5.34. The van der Waals surface area contributed by atoms with Gasteiger partial charge in [0.1, 0.15) is 0 Å². The van der Waals surface area contributed by atoms with E-state index in [1.165, 1.54) is 6.42 Å². The molecule has 0 amide bonds. The summed E-state index contributed by atoms with van der Waals surface area (Å²) in [6.45, 7) is 2.17. The van der Waals surface area contributed by atoms with Crippen molar-refractivity contribution in [3.05, 3.63) is 29.8 Å². The van der Waals surface area contributed by atoms with Crippen molar-refractivity contribution in [3.63, 3.8) is 0 Å². The van der Waals surface area contributed by atoms with Crippen LogP contribution in [0.15, 0.2) is 29.2 Å². The largest absolute Gasteiger partial charge is 0.326 e. The predicted molar refractivity (Wildman–Crippen MR) is 71.5 cm³/mol. The number of hydrogen-bond acceptors (Lipinski definition) is 3. The van der Waals surface area contributed by atoms with E-state index < -0.39 is 10.0 Å². The van der Waals surface area contributed by atoms with E-state index in [0.717, 1.165) is 12.8 Å². The van der Waals surface area contributed by atoms with E-state index in [1.807, 2.05) is 6.92 Å². The Labute approximate surface area is 109 Å². The van der Waals surface area contributed by atoms with Crippen LogP contribution in [0.25, 0.3) is 0 Å². The molecule has 4 nitrogen and oxygen atoms in total. The molecule has 1 aliphatic rings. The van der Waals surface area contributed by atoms with Gasteiger partial charge in [-0.25, -0.2) is 13.1 Å². The van der Waals surface area contributed by atoms with Crippen molar-refractivity contribution < 1.29 is 8.42 Å². The molecule has 5 heteroatoms. The number of rotatable bonds is 5. The molecule has 1 atom stereocenters. The first kappa shape index (κ1) is 13.5. The highest BCUT2D eigenvalue weighted by Gasteiger charge is 2.28. The van der Waals surface area contributed by atoms with Crippen LogP contribution in [0.1, 0.15) is 31.7 Å². The van der Waals surface area contributed by atoms with Gasteiger partial charge < -0.3 is 5.73 Å². The van der Waals surface area contributed by atoms with Gasteiger partial charge >= 0.3 is 0 Å². The van der Waals surface area contributed by atoms with Gasteiger partial charge in [-0.2, -0.15) is 0 Å². The summed E-state index contributed by atoms with van der Waals surface area (Å²) in [7, 11) is -3.45. The fourth-order valence-electron chi connectivity index (χ4n) is 2.28. The monoisotopic (exact) mass is 268 g/mol. The first-order chi connectivity index (χ1) is 8.54. The molecule has 100 valence electrons. The molecule has 0 aliphatic heterocycles. The molecule has 2 rings (SSSR count). The Balaban J connectivity index is 2.19. The van der Waals surface area contributed by atoms with E-state index in [0.29, 0.717) is 16.4 Å². The number of sulfonamides is 1. The van der Waals surface area contributed by atoms with Crippen molar-refractivity contribution in [1.82, 2.24) is 4.72 Å². The average molecular weight is 268 g/mol. The zero-order valence-corrected chi connectivity index (χ0v) is 11.4. The van der Waals surface area contributed by atoms with Gasteiger partial charge in [-0.05, 0) is 37.3 Å². The van der Waals surface area contributed by atoms with Gasteiger partial charge in [0.25, 0.3) is 0 Å². The van der Waals surface area contributed by atoms with Crippen LogP contribution in [0.2, 0.25) is 0 Å². The molecule has 0 bridgehead atoms. The fourth-order valence-corrected chi connectivity index (χ4v) is 3.84. The summed E-state index contributed by atoms with van der Waals surface area (Å²) >= 11 is 0. The van der Waals surface area contributed by atoms with E-state index in [2.05, 4.69) is 4.72 Å². The fraction of sp³-hybridized carbons (Fsp3) is 0.538. The lowest BCUT2D eigenvalue weighted by Crippen LogP contribution is -2.40. The van der Waals surface area contributed by atoms with Crippen LogP contribution >= 0.6 is 0 Å². The second-order valence-electron chi connectivity index (χ2n) is 4.91. The third kappa shape index (κ3) is 2.74. The van der Waals surface area contributed by atoms with Crippen molar-refractivity contribution in [2.24, 2.45) is 11.7 Å². The molecule has 1 aromatic carbocycles. The van der Waals surface area contributed by atoms with Gasteiger partial charge in [0.15, 0.2) is 0 Å². The first-order valence-corrected chi connectivity index (χ1v) is 7.83. The minimum atomic E-state index is -3.45. The molecule has 1 aromatic rings. The molecule has 1 fully saturated rings. The summed E-state index contributed by atoms with van der Waals surface area (Å²) in [6, 6.07) is 6.88. The normalized spacial score (nSPS) is 18.3. The Morgan fingerprint density at radius 3 is 2.61 bits per heavy atom. The van der Waals surface area contributed by atoms with E-state index in [1.54, 1.807) is 24.3 Å². The minimum absolute atomic E-state index is 0.00502. The molecule has 0 radical (unpaired) electrons. The van der Waals surface area contributed by atoms with Gasteiger partial charge in [-0.15, -0.1) is 0 Å². The van der Waals surface area contributed by atoms with Gasteiger partial charge in [-0.3, -0.25) is 0 Å². The Morgan fingerprint density at radius 1 is 1.39 bits per heavy atom. The maximum atomic E-state index is 12.3. The molecule has 0 spiro atoms. The van der Waals surface area contributed by atoms with Crippen LogP contribution in [0.4, 0.5) is 0 Å². The molecular weight excluding hydrogens is 248 g/mol. The van der Waals surface area contributed by atoms with Crippen LogP contribution in [0.5, 0.6) is 0 Å². The predicted octanol–water partition coefficient (Wildman–Crippen LogP) is 1.61. The average Bonchev–Trinajstić information content (AvgIpc) is 2.25. The summed E-state index contributed by atoms with van der Waals surface area (Å²) in [6.07, 6.45) is 3.43. The first-order valence-electron chi connectivity index (χ1n) is 6.35. The molecule has 0 heterocycles. The minimum Gasteiger partial charge on any atom is -0.326 e. The van der Waals surface area contributed by atoms with Gasteiger partial charge in [-0.1, -0.05) is 24.6 Å². The molecule has 0 saturated heterocycles. The number of benzene rings is 1. The highest BCUT2D eigenvalue weighted by atomic mass is 32.2. The van der Waals surface area contributed by atoms with Crippen LogP contribution in [0, 0.1) is 5.92 Å². The standard InChI is InChI=1S/C13H20N2O2S/c1-10(11-6-4-7-11)15-18(16,17)13-8-3-2-5-12(13)9-14/h2-3,5,8,10-11,15H,4,6-7,9,14H2,1H3. The lowest BCUT2D eigenvalue weighted by atomic mass is 9.81. The van der Waals surface area contributed by atoms with Crippen LogP contribution < -0.4 is 10.5 Å². The van der Waals surface area contributed by atoms with Crippen LogP contribution in [-0.2, 0) is 16.6 Å². The summed E-state index contributed by atoms with van der Waals surface area (Å²) in [5.41, 5.74) is 6.24. The summed E-state index contributed by atoms with van der Waals surface area (Å²) < 4.78 is 27.4. The molecule has 1 aliphatic carbocycles. The summed E-state index contributed by atoms with van der Waals surface area (Å²) in [4.78, 5) is 0.304. The van der Waals surface area contributed by atoms with Crippen molar-refractivity contribution in [2.75, 3.05) is 0 Å². The second-order valence-corrected chi connectivity index (χ2v) is 6.60. The van der Waals surface area contributed by atoms with Gasteiger partial charge in [0.05, 0.1) is 4.90 Å². The van der Waals surface area contributed by atoms with Gasteiger partial charge in [0, 0.05) is 12.6 Å². The Morgan fingerprint density at radius 2 is 2.06 bits per heavy atom. The van der Waals surface area contributed by atoms with Crippen LogP contribution in [-0.4, -0.2) is 14.5 Å². The van der Waals surface area contributed by atoms with Crippen LogP contribution in [0.3, 0.4) is 0 Å². The van der Waals surface area contributed by atoms with E-state index >= 15 is 0 Å². The lowest BCUT2D eigenvalue weighted by Gasteiger charge is -2.31. The Hall–Kier alpha value is -0.910. The van der Waals surface area contributed by atoms with Gasteiger partial charge in [0.2, 0.25) is 10.0 Å². The molecular formula is C13H20N2O2S. The van der Waals surface area contributed by atoms with Crippen molar-refractivity contribution in [3.8, 4) is 0 Å². The van der Waals surface area contributed by atoms with Crippen molar-refractivity contribution in [2.45, 2.75) is 43.7 Å². The lowest BCUT2D eigenvalue weighted by molar-refractivity contribution is 0.260. The molecule has 18 heavy (non-hydrogen) atoms. The summed E-state index contributed by atoms with van der Waals surface area (Å²) in [5.74, 6) is 0.477. The number of nitrogens with one attached hydrogen (secondary N) is 1. The zero-order valence-electron chi connectivity index (χ0n) is 10.6. The van der Waals surface area contributed by atoms with Crippen molar-refractivity contribution >= 4 is 10.0 Å². The number of nitrogens with two attached hydrogens (primary N) is 1. The molecule has 1 unspecified atom stereocenters. The van der Waals surface area contributed by atoms with E-state index in [-0.39, 0.29) is 12.6 Å². The van der Waals surface area contributed by atoms with E-state index in [4.69, 9.17) is 5.73 Å². The zero-order chi connectivity index (χ0) is 13.2.